The van der Waals surface area contributed by atoms with E-state index < -0.39 is 5.03 Å². The number of carbonyl (C=O) groups is 1. The van der Waals surface area contributed by atoms with Gasteiger partial charge in [0.05, 0.1) is 12.1 Å². The van der Waals surface area contributed by atoms with Gasteiger partial charge in [-0.25, -0.2) is 20.1 Å². The molecule has 0 spiro atoms. The first kappa shape index (κ1) is 30.2. The Balaban J connectivity index is 0.000000195. The quantitative estimate of drug-likeness (QED) is 0.148. The molecule has 0 radical (unpaired) electrons. The van der Waals surface area contributed by atoms with Crippen LogP contribution in [0.4, 0.5) is 5.69 Å². The SMILES string of the molecule is CN1COCN(Cc2cnc(Cl)s2)/C1=N\[N+](=O)[O-].O=C(Nc1ccccc1-c1ccc(Cl)cc1)c1cccnc1Cl. The number of hydrazone groups is 1. The third kappa shape index (κ3) is 8.35. The molecule has 1 aliphatic rings. The molecule has 1 N–H and O–H groups in total. The Labute approximate surface area is 254 Å². The van der Waals surface area contributed by atoms with Gasteiger partial charge >= 0.3 is 0 Å². The van der Waals surface area contributed by atoms with Gasteiger partial charge in [0.25, 0.3) is 11.9 Å². The number of nitrogens with one attached hydrogen (secondary N) is 1. The first-order valence-electron chi connectivity index (χ1n) is 11.8. The Bertz CT molecular complexity index is 1550. The van der Waals surface area contributed by atoms with E-state index in [1.807, 2.05) is 48.5 Å². The Morgan fingerprint density at radius 2 is 1.85 bits per heavy atom. The van der Waals surface area contributed by atoms with Crippen molar-refractivity contribution in [2.75, 3.05) is 25.8 Å². The zero-order valence-corrected chi connectivity index (χ0v) is 24.5. The fourth-order valence-electron chi connectivity index (χ4n) is 3.74. The summed E-state index contributed by atoms with van der Waals surface area (Å²) in [5.74, 6) is -0.0414. The van der Waals surface area contributed by atoms with E-state index in [1.54, 1.807) is 41.4 Å². The zero-order chi connectivity index (χ0) is 29.4. The molecule has 1 saturated heterocycles. The van der Waals surface area contributed by atoms with Crippen molar-refractivity contribution in [3.63, 3.8) is 0 Å². The maximum Gasteiger partial charge on any atom is 0.277 e. The number of thiazole rings is 1. The van der Waals surface area contributed by atoms with Crippen molar-refractivity contribution >= 4 is 63.7 Å². The number of carbonyl (C=O) groups excluding carboxylic acids is 1. The highest BCUT2D eigenvalue weighted by Gasteiger charge is 2.25. The van der Waals surface area contributed by atoms with Gasteiger partial charge in [-0.15, -0.1) is 11.3 Å². The molecule has 4 aromatic rings. The average molecular weight is 635 g/mol. The van der Waals surface area contributed by atoms with Gasteiger partial charge in [0.15, 0.2) is 9.50 Å². The van der Waals surface area contributed by atoms with Crippen molar-refractivity contribution in [1.29, 1.82) is 0 Å². The molecule has 2 aromatic heterocycles. The molecule has 15 heteroatoms. The molecular formula is C26H22Cl3N7O4S. The van der Waals surface area contributed by atoms with Crippen LogP contribution in [0, 0.1) is 10.1 Å². The standard InChI is InChI=1S/C18H12Cl2N2O.C8H10ClN5O3S/c19-13-9-7-12(8-10-13)14-4-1-2-6-16(14)22-18(23)15-5-3-11-21-17(15)20;1-12-4-17-5-13(8(12)11-14(15)16)3-6-2-10-7(9)18-6/h1-11H,(H,22,23);2H,3-5H2,1H3/b;11-8-. The summed E-state index contributed by atoms with van der Waals surface area (Å²) in [4.78, 5) is 34.9. The van der Waals surface area contributed by atoms with E-state index in [0.29, 0.717) is 27.3 Å². The summed E-state index contributed by atoms with van der Waals surface area (Å²) in [6.07, 6.45) is 3.17. The minimum absolute atomic E-state index is 0.175. The maximum absolute atomic E-state index is 12.4. The van der Waals surface area contributed by atoms with Crippen LogP contribution in [0.25, 0.3) is 11.1 Å². The molecule has 2 aromatic carbocycles. The Hall–Kier alpha value is -3.81. The summed E-state index contributed by atoms with van der Waals surface area (Å²) in [5.41, 5.74) is 2.89. The van der Waals surface area contributed by atoms with Crippen LogP contribution in [0.5, 0.6) is 0 Å². The summed E-state index contributed by atoms with van der Waals surface area (Å²) in [7, 11) is 1.67. The Kier molecular flexibility index (Phi) is 10.4. The second kappa shape index (κ2) is 14.2. The normalized spacial score (nSPS) is 13.9. The number of para-hydroxylation sites is 1. The number of anilines is 1. The fourth-order valence-corrected chi connectivity index (χ4v) is 5.06. The topological polar surface area (TPSA) is 126 Å². The highest BCUT2D eigenvalue weighted by molar-refractivity contribution is 7.15. The van der Waals surface area contributed by atoms with Gasteiger partial charge in [0.2, 0.25) is 0 Å². The van der Waals surface area contributed by atoms with Gasteiger partial charge in [0.1, 0.15) is 23.7 Å². The minimum atomic E-state index is -0.718. The molecule has 11 nitrogen and oxygen atoms in total. The van der Waals surface area contributed by atoms with E-state index in [4.69, 9.17) is 39.5 Å². The van der Waals surface area contributed by atoms with Crippen LogP contribution < -0.4 is 5.32 Å². The van der Waals surface area contributed by atoms with Crippen molar-refractivity contribution in [3.05, 3.63) is 108 Å². The lowest BCUT2D eigenvalue weighted by molar-refractivity contribution is -0.486. The molecule has 0 unspecified atom stereocenters. The summed E-state index contributed by atoms with van der Waals surface area (Å²) in [6, 6.07) is 18.3. The lowest BCUT2D eigenvalue weighted by Crippen LogP contribution is -2.49. The number of pyridine rings is 1. The Morgan fingerprint density at radius 3 is 2.54 bits per heavy atom. The summed E-state index contributed by atoms with van der Waals surface area (Å²) in [6.45, 7) is 0.931. The van der Waals surface area contributed by atoms with Crippen molar-refractivity contribution < 1.29 is 14.6 Å². The number of nitro groups is 1. The molecule has 3 heterocycles. The summed E-state index contributed by atoms with van der Waals surface area (Å²) >= 11 is 19.0. The van der Waals surface area contributed by atoms with Crippen molar-refractivity contribution in [3.8, 4) is 11.1 Å². The van der Waals surface area contributed by atoms with Gasteiger partial charge < -0.3 is 19.9 Å². The molecule has 1 amide bonds. The molecule has 0 aliphatic carbocycles. The maximum atomic E-state index is 12.4. The van der Waals surface area contributed by atoms with E-state index in [2.05, 4.69) is 20.4 Å². The number of benzene rings is 2. The Morgan fingerprint density at radius 1 is 1.10 bits per heavy atom. The minimum Gasteiger partial charge on any atom is -0.341 e. The van der Waals surface area contributed by atoms with Gasteiger partial charge in [-0.1, -0.05) is 65.1 Å². The first-order valence-corrected chi connectivity index (χ1v) is 13.8. The number of halogens is 3. The number of amides is 1. The summed E-state index contributed by atoms with van der Waals surface area (Å²) < 4.78 is 5.72. The van der Waals surface area contributed by atoms with E-state index in [0.717, 1.165) is 16.0 Å². The number of ether oxygens (including phenoxy) is 1. The van der Waals surface area contributed by atoms with E-state index in [9.17, 15) is 14.9 Å². The van der Waals surface area contributed by atoms with Crippen LogP contribution in [0.2, 0.25) is 14.6 Å². The van der Waals surface area contributed by atoms with Gasteiger partial charge in [-0.3, -0.25) is 4.79 Å². The number of aromatic nitrogens is 2. The number of guanidine groups is 1. The van der Waals surface area contributed by atoms with Gasteiger partial charge in [0, 0.05) is 40.6 Å². The molecule has 212 valence electrons. The molecule has 1 aliphatic heterocycles. The van der Waals surface area contributed by atoms with E-state index in [-0.39, 0.29) is 30.5 Å². The van der Waals surface area contributed by atoms with Crippen LogP contribution in [-0.2, 0) is 11.3 Å². The number of hydrogen-bond acceptors (Lipinski definition) is 7. The fraction of sp³-hybridized carbons (Fsp3) is 0.154. The second-order valence-corrected chi connectivity index (χ2v) is 10.9. The molecule has 0 bridgehead atoms. The van der Waals surface area contributed by atoms with Crippen LogP contribution in [0.3, 0.4) is 0 Å². The smallest absolute Gasteiger partial charge is 0.277 e. The largest absolute Gasteiger partial charge is 0.341 e. The van der Waals surface area contributed by atoms with Crippen molar-refractivity contribution in [2.45, 2.75) is 6.54 Å². The third-order valence-corrected chi connectivity index (χ3v) is 7.19. The lowest BCUT2D eigenvalue weighted by Gasteiger charge is -2.34. The monoisotopic (exact) mass is 633 g/mol. The van der Waals surface area contributed by atoms with Crippen LogP contribution >= 0.6 is 46.1 Å². The van der Waals surface area contributed by atoms with E-state index in [1.165, 1.54) is 11.3 Å². The summed E-state index contributed by atoms with van der Waals surface area (Å²) in [5, 5.41) is 16.9. The predicted molar refractivity (Wildman–Crippen MR) is 160 cm³/mol. The van der Waals surface area contributed by atoms with Crippen LogP contribution in [-0.4, -0.2) is 57.2 Å². The van der Waals surface area contributed by atoms with Gasteiger partial charge in [-0.2, -0.15) is 0 Å². The van der Waals surface area contributed by atoms with Gasteiger partial charge in [-0.05, 0) is 35.9 Å². The molecule has 41 heavy (non-hydrogen) atoms. The number of hydrogen-bond donors (Lipinski definition) is 1. The number of rotatable bonds is 6. The van der Waals surface area contributed by atoms with Crippen molar-refractivity contribution in [1.82, 2.24) is 19.8 Å². The average Bonchev–Trinajstić information content (AvgIpc) is 3.36. The highest BCUT2D eigenvalue weighted by Crippen LogP contribution is 2.29. The molecule has 1 fully saturated rings. The van der Waals surface area contributed by atoms with Crippen LogP contribution in [0.15, 0.2) is 78.2 Å². The number of nitrogens with zero attached hydrogens (tertiary/aromatic N) is 6. The van der Waals surface area contributed by atoms with E-state index >= 15 is 0 Å². The molecular weight excluding hydrogens is 613 g/mol. The third-order valence-electron chi connectivity index (χ3n) is 5.53. The molecule has 0 saturated carbocycles. The van der Waals surface area contributed by atoms with Crippen molar-refractivity contribution in [2.24, 2.45) is 5.10 Å². The molecule has 5 rings (SSSR count). The highest BCUT2D eigenvalue weighted by atomic mass is 35.5. The molecule has 0 atom stereocenters. The predicted octanol–water partition coefficient (Wildman–Crippen LogP) is 6.33. The first-order chi connectivity index (χ1) is 19.7. The van der Waals surface area contributed by atoms with Crippen LogP contribution in [0.1, 0.15) is 15.2 Å². The lowest BCUT2D eigenvalue weighted by atomic mass is 10.0. The zero-order valence-electron chi connectivity index (χ0n) is 21.4. The second-order valence-electron chi connectivity index (χ2n) is 8.42.